The first-order chi connectivity index (χ1) is 9.36. The van der Waals surface area contributed by atoms with E-state index in [1.165, 1.54) is 17.0 Å². The summed E-state index contributed by atoms with van der Waals surface area (Å²) in [4.78, 5) is 23.8. The average molecular weight is 280 g/mol. The van der Waals surface area contributed by atoms with Crippen LogP contribution >= 0.6 is 0 Å². The first-order valence-electron chi connectivity index (χ1n) is 6.36. The van der Waals surface area contributed by atoms with Gasteiger partial charge in [0, 0.05) is 38.3 Å². The fraction of sp³-hybridized carbons (Fsp3) is 0.462. The summed E-state index contributed by atoms with van der Waals surface area (Å²) in [6.45, 7) is 2.39. The summed E-state index contributed by atoms with van der Waals surface area (Å²) < 4.78 is 0. The zero-order valence-electron chi connectivity index (χ0n) is 11.9. The van der Waals surface area contributed by atoms with Gasteiger partial charge in [0.25, 0.3) is 11.6 Å². The molecular formula is C13H20N4O3. The summed E-state index contributed by atoms with van der Waals surface area (Å²) in [6, 6.07) is 4.31. The van der Waals surface area contributed by atoms with Crippen LogP contribution in [0.3, 0.4) is 0 Å². The molecule has 0 aromatic heterocycles. The number of nitrogens with one attached hydrogen (secondary N) is 1. The highest BCUT2D eigenvalue weighted by molar-refractivity contribution is 5.95. The van der Waals surface area contributed by atoms with Crippen LogP contribution in [-0.4, -0.2) is 42.4 Å². The lowest BCUT2D eigenvalue weighted by Crippen LogP contribution is -2.28. The molecule has 0 aliphatic carbocycles. The summed E-state index contributed by atoms with van der Waals surface area (Å²) >= 11 is 0. The number of nitro groups is 1. The third kappa shape index (κ3) is 3.92. The summed E-state index contributed by atoms with van der Waals surface area (Å²) in [6.07, 6.45) is 0.776. The first-order valence-corrected chi connectivity index (χ1v) is 6.36. The minimum atomic E-state index is -0.508. The van der Waals surface area contributed by atoms with Crippen LogP contribution in [0.1, 0.15) is 23.7 Å². The van der Waals surface area contributed by atoms with Crippen LogP contribution in [0.2, 0.25) is 0 Å². The number of nitrogens with zero attached hydrogens (tertiary/aromatic N) is 2. The highest BCUT2D eigenvalue weighted by atomic mass is 16.6. The Labute approximate surface area is 117 Å². The Morgan fingerprint density at radius 1 is 1.50 bits per heavy atom. The van der Waals surface area contributed by atoms with E-state index in [9.17, 15) is 14.9 Å². The number of carbonyl (C=O) groups excluding carboxylic acids is 1. The standard InChI is InChI=1S/C13H20N4O3/c1-4-10(14)8-15-11-6-5-9(13(18)16(2)3)7-12(11)17(19)20/h5-7,10,15H,4,8,14H2,1-3H3. The van der Waals surface area contributed by atoms with Crippen LogP contribution < -0.4 is 11.1 Å². The largest absolute Gasteiger partial charge is 0.378 e. The van der Waals surface area contributed by atoms with E-state index < -0.39 is 4.92 Å². The van der Waals surface area contributed by atoms with Gasteiger partial charge >= 0.3 is 0 Å². The van der Waals surface area contributed by atoms with Crippen molar-refractivity contribution in [2.45, 2.75) is 19.4 Å². The van der Waals surface area contributed by atoms with Gasteiger partial charge in [-0.05, 0) is 18.6 Å². The monoisotopic (exact) mass is 280 g/mol. The SMILES string of the molecule is CCC(N)CNc1ccc(C(=O)N(C)C)cc1[N+](=O)[O-]. The van der Waals surface area contributed by atoms with Crippen molar-refractivity contribution < 1.29 is 9.72 Å². The predicted molar refractivity (Wildman–Crippen MR) is 77.9 cm³/mol. The molecule has 1 rings (SSSR count). The number of nitro benzene ring substituents is 1. The van der Waals surface area contributed by atoms with Gasteiger partial charge in [0.15, 0.2) is 0 Å². The number of nitrogens with two attached hydrogens (primary N) is 1. The van der Waals surface area contributed by atoms with Crippen molar-refractivity contribution in [3.63, 3.8) is 0 Å². The van der Waals surface area contributed by atoms with Gasteiger partial charge in [0.05, 0.1) is 4.92 Å². The molecule has 0 saturated carbocycles. The Morgan fingerprint density at radius 2 is 2.15 bits per heavy atom. The van der Waals surface area contributed by atoms with Crippen LogP contribution in [0.25, 0.3) is 0 Å². The highest BCUT2D eigenvalue weighted by Crippen LogP contribution is 2.26. The molecule has 1 atom stereocenters. The lowest BCUT2D eigenvalue weighted by molar-refractivity contribution is -0.384. The van der Waals surface area contributed by atoms with Crippen molar-refractivity contribution >= 4 is 17.3 Å². The van der Waals surface area contributed by atoms with E-state index in [1.54, 1.807) is 20.2 Å². The van der Waals surface area contributed by atoms with Gasteiger partial charge in [-0.15, -0.1) is 0 Å². The van der Waals surface area contributed by atoms with Crippen LogP contribution in [0, 0.1) is 10.1 Å². The molecule has 3 N–H and O–H groups in total. The molecular weight excluding hydrogens is 260 g/mol. The van der Waals surface area contributed by atoms with Crippen molar-refractivity contribution in [3.8, 4) is 0 Å². The molecule has 0 saturated heterocycles. The summed E-state index contributed by atoms with van der Waals surface area (Å²) in [5.74, 6) is -0.273. The number of anilines is 1. The Hall–Kier alpha value is -2.15. The molecule has 20 heavy (non-hydrogen) atoms. The van der Waals surface area contributed by atoms with Crippen molar-refractivity contribution in [3.05, 3.63) is 33.9 Å². The third-order valence-electron chi connectivity index (χ3n) is 2.93. The zero-order valence-corrected chi connectivity index (χ0v) is 11.9. The Kier molecular flexibility index (Phi) is 5.45. The molecule has 0 radical (unpaired) electrons. The minimum Gasteiger partial charge on any atom is -0.378 e. The van der Waals surface area contributed by atoms with E-state index in [4.69, 9.17) is 5.73 Å². The lowest BCUT2D eigenvalue weighted by atomic mass is 10.1. The number of carbonyl (C=O) groups is 1. The molecule has 7 heteroatoms. The van der Waals surface area contributed by atoms with Crippen molar-refractivity contribution in [1.82, 2.24) is 4.90 Å². The predicted octanol–water partition coefficient (Wildman–Crippen LogP) is 1.45. The second-order valence-corrected chi connectivity index (χ2v) is 4.74. The van der Waals surface area contributed by atoms with E-state index in [2.05, 4.69) is 5.32 Å². The fourth-order valence-corrected chi connectivity index (χ4v) is 1.61. The van der Waals surface area contributed by atoms with Crippen LogP contribution in [0.15, 0.2) is 18.2 Å². The Balaban J connectivity index is 3.02. The second-order valence-electron chi connectivity index (χ2n) is 4.74. The summed E-state index contributed by atoms with van der Waals surface area (Å²) in [5.41, 5.74) is 6.30. The third-order valence-corrected chi connectivity index (χ3v) is 2.93. The van der Waals surface area contributed by atoms with Gasteiger partial charge < -0.3 is 16.0 Å². The molecule has 1 aromatic rings. The van der Waals surface area contributed by atoms with E-state index in [1.807, 2.05) is 6.92 Å². The topological polar surface area (TPSA) is 102 Å². The van der Waals surface area contributed by atoms with Crippen molar-refractivity contribution in [1.29, 1.82) is 0 Å². The normalized spacial score (nSPS) is 11.8. The van der Waals surface area contributed by atoms with Crippen molar-refractivity contribution in [2.24, 2.45) is 5.73 Å². The highest BCUT2D eigenvalue weighted by Gasteiger charge is 2.18. The Bertz CT molecular complexity index is 502. The molecule has 0 aliphatic rings. The summed E-state index contributed by atoms with van der Waals surface area (Å²) in [7, 11) is 3.20. The first kappa shape index (κ1) is 15.9. The summed E-state index contributed by atoms with van der Waals surface area (Å²) in [5, 5.41) is 14.0. The zero-order chi connectivity index (χ0) is 15.3. The van der Waals surface area contributed by atoms with Gasteiger partial charge in [-0.2, -0.15) is 0 Å². The van der Waals surface area contributed by atoms with E-state index in [0.29, 0.717) is 12.2 Å². The molecule has 0 fully saturated rings. The number of hydrogen-bond acceptors (Lipinski definition) is 5. The maximum Gasteiger partial charge on any atom is 0.293 e. The van der Waals surface area contributed by atoms with Crippen LogP contribution in [0.4, 0.5) is 11.4 Å². The second kappa shape index (κ2) is 6.85. The van der Waals surface area contributed by atoms with Gasteiger partial charge in [0.1, 0.15) is 5.69 Å². The molecule has 0 spiro atoms. The van der Waals surface area contributed by atoms with E-state index >= 15 is 0 Å². The van der Waals surface area contributed by atoms with Gasteiger partial charge in [0.2, 0.25) is 0 Å². The number of hydrogen-bond donors (Lipinski definition) is 2. The molecule has 0 aliphatic heterocycles. The van der Waals surface area contributed by atoms with E-state index in [0.717, 1.165) is 6.42 Å². The fourth-order valence-electron chi connectivity index (χ4n) is 1.61. The molecule has 1 amide bonds. The quantitative estimate of drug-likeness (QED) is 0.606. The molecule has 1 unspecified atom stereocenters. The molecule has 110 valence electrons. The van der Waals surface area contributed by atoms with Gasteiger partial charge in [-0.25, -0.2) is 0 Å². The van der Waals surface area contributed by atoms with Crippen LogP contribution in [-0.2, 0) is 0 Å². The lowest BCUT2D eigenvalue weighted by Gasteiger charge is -2.13. The van der Waals surface area contributed by atoms with Gasteiger partial charge in [-0.3, -0.25) is 14.9 Å². The van der Waals surface area contributed by atoms with Crippen LogP contribution in [0.5, 0.6) is 0 Å². The molecule has 7 nitrogen and oxygen atoms in total. The van der Waals surface area contributed by atoms with Gasteiger partial charge in [-0.1, -0.05) is 6.92 Å². The minimum absolute atomic E-state index is 0.0716. The number of rotatable bonds is 6. The van der Waals surface area contributed by atoms with Crippen molar-refractivity contribution in [2.75, 3.05) is 26.0 Å². The Morgan fingerprint density at radius 3 is 2.65 bits per heavy atom. The average Bonchev–Trinajstić information content (AvgIpc) is 2.43. The molecule has 0 heterocycles. The molecule has 0 bridgehead atoms. The maximum atomic E-state index is 11.8. The number of amides is 1. The molecule has 1 aromatic carbocycles. The number of benzene rings is 1. The smallest absolute Gasteiger partial charge is 0.293 e. The maximum absolute atomic E-state index is 11.8. The van der Waals surface area contributed by atoms with E-state index in [-0.39, 0.29) is 23.2 Å².